The SMILES string of the molecule is CC1CC(Oc2c(N3CCNCC3)cnn(-c3cccc(Cl)c3)c2=O)Cc2ccccc21. The van der Waals surface area contributed by atoms with Crippen LogP contribution in [0.3, 0.4) is 0 Å². The van der Waals surface area contributed by atoms with Crippen LogP contribution in [0, 0.1) is 0 Å². The molecule has 1 aliphatic carbocycles. The second kappa shape index (κ2) is 8.96. The topological polar surface area (TPSA) is 59.4 Å². The van der Waals surface area contributed by atoms with Crippen molar-refractivity contribution in [2.45, 2.75) is 31.8 Å². The van der Waals surface area contributed by atoms with Crippen LogP contribution < -0.4 is 20.5 Å². The normalized spacial score (nSPS) is 20.6. The molecule has 32 heavy (non-hydrogen) atoms. The molecule has 2 atom stereocenters. The lowest BCUT2D eigenvalue weighted by molar-refractivity contribution is 0.171. The minimum Gasteiger partial charge on any atom is -0.483 e. The molecule has 0 spiro atoms. The third-order valence-corrected chi connectivity index (χ3v) is 6.59. The maximum Gasteiger partial charge on any atom is 0.316 e. The molecular weight excluding hydrogens is 424 g/mol. The molecule has 0 amide bonds. The summed E-state index contributed by atoms with van der Waals surface area (Å²) in [6.45, 7) is 5.57. The summed E-state index contributed by atoms with van der Waals surface area (Å²) in [5.41, 5.74) is 3.81. The molecule has 0 saturated carbocycles. The Balaban J connectivity index is 1.54. The monoisotopic (exact) mass is 450 g/mol. The molecule has 0 bridgehead atoms. The van der Waals surface area contributed by atoms with Crippen LogP contribution in [-0.4, -0.2) is 42.1 Å². The Labute approximate surface area is 192 Å². The highest BCUT2D eigenvalue weighted by molar-refractivity contribution is 6.30. The first-order valence-corrected chi connectivity index (χ1v) is 11.6. The van der Waals surface area contributed by atoms with E-state index in [1.807, 2.05) is 12.1 Å². The van der Waals surface area contributed by atoms with Crippen molar-refractivity contribution < 1.29 is 4.74 Å². The average molecular weight is 451 g/mol. The molecule has 0 radical (unpaired) electrons. The Hall–Kier alpha value is -2.83. The standard InChI is InChI=1S/C25H27ClN4O2/c1-17-13-21(14-18-5-2-3-8-22(17)18)32-24-23(29-11-9-27-10-12-29)16-28-30(25(24)31)20-7-4-6-19(26)15-20/h2-8,15-17,21,27H,9-14H2,1H3. The molecule has 3 aromatic rings. The number of halogens is 1. The first kappa shape index (κ1) is 21.0. The van der Waals surface area contributed by atoms with Gasteiger partial charge in [-0.2, -0.15) is 9.78 Å². The molecule has 2 unspecified atom stereocenters. The zero-order valence-electron chi connectivity index (χ0n) is 18.1. The molecule has 1 aromatic heterocycles. The summed E-state index contributed by atoms with van der Waals surface area (Å²) in [5, 5.41) is 8.39. The predicted molar refractivity (Wildman–Crippen MR) is 128 cm³/mol. The highest BCUT2D eigenvalue weighted by Crippen LogP contribution is 2.34. The van der Waals surface area contributed by atoms with Crippen LogP contribution in [0.2, 0.25) is 5.02 Å². The van der Waals surface area contributed by atoms with Crippen LogP contribution >= 0.6 is 11.6 Å². The number of nitrogens with one attached hydrogen (secondary N) is 1. The second-order valence-corrected chi connectivity index (χ2v) is 9.01. The highest BCUT2D eigenvalue weighted by atomic mass is 35.5. The molecule has 6 nitrogen and oxygen atoms in total. The Morgan fingerprint density at radius 3 is 2.75 bits per heavy atom. The molecule has 166 valence electrons. The van der Waals surface area contributed by atoms with E-state index >= 15 is 0 Å². The average Bonchev–Trinajstić information content (AvgIpc) is 2.81. The minimum atomic E-state index is -0.255. The number of benzene rings is 2. The zero-order chi connectivity index (χ0) is 22.1. The number of hydrogen-bond acceptors (Lipinski definition) is 5. The van der Waals surface area contributed by atoms with Crippen molar-refractivity contribution in [1.29, 1.82) is 0 Å². The van der Waals surface area contributed by atoms with Crippen molar-refractivity contribution in [3.8, 4) is 11.4 Å². The number of aromatic nitrogens is 2. The van der Waals surface area contributed by atoms with Gasteiger partial charge in [0.05, 0.1) is 11.9 Å². The van der Waals surface area contributed by atoms with Crippen molar-refractivity contribution in [1.82, 2.24) is 15.1 Å². The fraction of sp³-hybridized carbons (Fsp3) is 0.360. The maximum absolute atomic E-state index is 13.6. The van der Waals surface area contributed by atoms with Crippen LogP contribution in [-0.2, 0) is 6.42 Å². The van der Waals surface area contributed by atoms with Gasteiger partial charge in [-0.25, -0.2) is 0 Å². The quantitative estimate of drug-likeness (QED) is 0.655. The molecule has 1 fully saturated rings. The van der Waals surface area contributed by atoms with E-state index in [0.29, 0.717) is 22.4 Å². The van der Waals surface area contributed by atoms with E-state index in [1.165, 1.54) is 15.8 Å². The van der Waals surface area contributed by atoms with E-state index in [2.05, 4.69) is 46.5 Å². The fourth-order valence-corrected chi connectivity index (χ4v) is 4.95. The lowest BCUT2D eigenvalue weighted by Gasteiger charge is -2.33. The predicted octanol–water partition coefficient (Wildman–Crippen LogP) is 3.79. The summed E-state index contributed by atoms with van der Waals surface area (Å²) in [5.74, 6) is 0.753. The number of ether oxygens (including phenoxy) is 1. The van der Waals surface area contributed by atoms with Crippen LogP contribution in [0.15, 0.2) is 59.5 Å². The second-order valence-electron chi connectivity index (χ2n) is 8.57. The molecule has 2 aromatic carbocycles. The van der Waals surface area contributed by atoms with E-state index in [0.717, 1.165) is 44.7 Å². The molecule has 1 aliphatic heterocycles. The Morgan fingerprint density at radius 2 is 1.94 bits per heavy atom. The number of rotatable bonds is 4. The molecular formula is C25H27ClN4O2. The zero-order valence-corrected chi connectivity index (χ0v) is 18.9. The lowest BCUT2D eigenvalue weighted by Crippen LogP contribution is -2.44. The third kappa shape index (κ3) is 4.12. The Bertz CT molecular complexity index is 1170. The lowest BCUT2D eigenvalue weighted by atomic mass is 9.82. The van der Waals surface area contributed by atoms with E-state index in [-0.39, 0.29) is 11.7 Å². The molecule has 1 N–H and O–H groups in total. The van der Waals surface area contributed by atoms with Crippen molar-refractivity contribution in [3.63, 3.8) is 0 Å². The van der Waals surface area contributed by atoms with E-state index in [1.54, 1.807) is 18.3 Å². The largest absolute Gasteiger partial charge is 0.483 e. The maximum atomic E-state index is 13.6. The van der Waals surface area contributed by atoms with Gasteiger partial charge >= 0.3 is 5.56 Å². The van der Waals surface area contributed by atoms with Gasteiger partial charge in [0.25, 0.3) is 0 Å². The fourth-order valence-electron chi connectivity index (χ4n) is 4.77. The molecule has 2 heterocycles. The van der Waals surface area contributed by atoms with Crippen molar-refractivity contribution >= 4 is 17.3 Å². The van der Waals surface area contributed by atoms with Gasteiger partial charge < -0.3 is 15.0 Å². The van der Waals surface area contributed by atoms with E-state index in [4.69, 9.17) is 16.3 Å². The van der Waals surface area contributed by atoms with Gasteiger partial charge in [-0.05, 0) is 41.7 Å². The number of hydrogen-bond donors (Lipinski definition) is 1. The minimum absolute atomic E-state index is 0.0653. The van der Waals surface area contributed by atoms with Crippen LogP contribution in [0.1, 0.15) is 30.4 Å². The summed E-state index contributed by atoms with van der Waals surface area (Å²) < 4.78 is 7.90. The summed E-state index contributed by atoms with van der Waals surface area (Å²) >= 11 is 6.17. The number of anilines is 1. The molecule has 1 saturated heterocycles. The summed E-state index contributed by atoms with van der Waals surface area (Å²) in [4.78, 5) is 15.8. The van der Waals surface area contributed by atoms with Crippen LogP contribution in [0.5, 0.6) is 5.75 Å². The molecule has 7 heteroatoms. The van der Waals surface area contributed by atoms with Gasteiger partial charge in [0, 0.05) is 37.6 Å². The van der Waals surface area contributed by atoms with E-state index in [9.17, 15) is 4.79 Å². The summed E-state index contributed by atoms with van der Waals surface area (Å²) in [6.07, 6.45) is 3.35. The van der Waals surface area contributed by atoms with Crippen LogP contribution in [0.25, 0.3) is 5.69 Å². The van der Waals surface area contributed by atoms with Crippen molar-refractivity contribution in [2.75, 3.05) is 31.1 Å². The number of nitrogens with zero attached hydrogens (tertiary/aromatic N) is 3. The van der Waals surface area contributed by atoms with Gasteiger partial charge in [0.1, 0.15) is 11.8 Å². The van der Waals surface area contributed by atoms with Gasteiger partial charge in [-0.3, -0.25) is 4.79 Å². The molecule has 2 aliphatic rings. The number of piperazine rings is 1. The molecule has 5 rings (SSSR count). The first-order chi connectivity index (χ1) is 15.6. The van der Waals surface area contributed by atoms with Gasteiger partial charge in [-0.15, -0.1) is 0 Å². The van der Waals surface area contributed by atoms with Gasteiger partial charge in [-0.1, -0.05) is 48.9 Å². The van der Waals surface area contributed by atoms with E-state index < -0.39 is 0 Å². The summed E-state index contributed by atoms with van der Waals surface area (Å²) in [6, 6.07) is 15.7. The first-order valence-electron chi connectivity index (χ1n) is 11.2. The Morgan fingerprint density at radius 1 is 1.12 bits per heavy atom. The van der Waals surface area contributed by atoms with Crippen molar-refractivity contribution in [3.05, 3.63) is 81.2 Å². The Kier molecular flexibility index (Phi) is 5.89. The van der Waals surface area contributed by atoms with Crippen LogP contribution in [0.4, 0.5) is 5.69 Å². The number of fused-ring (bicyclic) bond motifs is 1. The summed E-state index contributed by atoms with van der Waals surface area (Å²) in [7, 11) is 0. The highest BCUT2D eigenvalue weighted by Gasteiger charge is 2.28. The van der Waals surface area contributed by atoms with Gasteiger partial charge in [0.2, 0.25) is 5.75 Å². The third-order valence-electron chi connectivity index (χ3n) is 6.36. The van der Waals surface area contributed by atoms with Gasteiger partial charge in [0.15, 0.2) is 0 Å². The smallest absolute Gasteiger partial charge is 0.316 e. The van der Waals surface area contributed by atoms with Crippen molar-refractivity contribution in [2.24, 2.45) is 0 Å².